The maximum Gasteiger partial charge on any atom is 0.143 e. The minimum absolute atomic E-state index is 0.296. The fourth-order valence-electron chi connectivity index (χ4n) is 3.66. The molecule has 0 aliphatic carbocycles. The normalized spacial score (nSPS) is 10.6. The molecule has 0 atom stereocenters. The predicted molar refractivity (Wildman–Crippen MR) is 125 cm³/mol. The molecule has 32 heavy (non-hydrogen) atoms. The van der Waals surface area contributed by atoms with Gasteiger partial charge >= 0.3 is 0 Å². The number of hydrogen-bond donors (Lipinski definition) is 1. The Labute approximate surface area is 186 Å². The molecule has 0 spiro atoms. The van der Waals surface area contributed by atoms with Crippen molar-refractivity contribution in [3.63, 3.8) is 0 Å². The van der Waals surface area contributed by atoms with Crippen molar-refractivity contribution in [3.8, 4) is 23.3 Å². The summed E-state index contributed by atoms with van der Waals surface area (Å²) in [5.74, 6) is 6.80. The van der Waals surface area contributed by atoms with E-state index < -0.39 is 0 Å². The van der Waals surface area contributed by atoms with Gasteiger partial charge in [-0.3, -0.25) is 0 Å². The van der Waals surface area contributed by atoms with E-state index in [2.05, 4.69) is 45.6 Å². The smallest absolute Gasteiger partial charge is 0.143 e. The molecule has 1 aromatic heterocycles. The van der Waals surface area contributed by atoms with E-state index >= 15 is 0 Å². The van der Waals surface area contributed by atoms with Crippen LogP contribution in [0.15, 0.2) is 91.3 Å². The Balaban J connectivity index is 1.37. The summed E-state index contributed by atoms with van der Waals surface area (Å²) in [6, 6.07) is 28.1. The average Bonchev–Trinajstić information content (AvgIpc) is 3.36. The van der Waals surface area contributed by atoms with Crippen LogP contribution in [0.25, 0.3) is 16.5 Å². The first-order valence-electron chi connectivity index (χ1n) is 10.4. The number of phenols is 1. The molecule has 154 valence electrons. The van der Waals surface area contributed by atoms with Crippen molar-refractivity contribution in [1.29, 1.82) is 0 Å². The maximum absolute atomic E-state index is 10.6. The number of benzene rings is 4. The molecule has 0 unspecified atom stereocenters. The second kappa shape index (κ2) is 8.75. The highest BCUT2D eigenvalue weighted by atomic mass is 16.3. The lowest BCUT2D eigenvalue weighted by molar-refractivity contribution is 0.470. The fraction of sp³-hybridized carbons (Fsp3) is 0.0741. The van der Waals surface area contributed by atoms with Gasteiger partial charge in [0.2, 0.25) is 0 Å². The van der Waals surface area contributed by atoms with Crippen LogP contribution in [-0.4, -0.2) is 25.3 Å². The van der Waals surface area contributed by atoms with Gasteiger partial charge in [-0.15, -0.1) is 5.10 Å². The third-order valence-electron chi connectivity index (χ3n) is 5.35. The molecule has 0 saturated carbocycles. The highest BCUT2D eigenvalue weighted by Gasteiger charge is 2.07. The van der Waals surface area contributed by atoms with Crippen LogP contribution < -0.4 is 0 Å². The Hall–Kier alpha value is -4.43. The predicted octanol–water partition coefficient (Wildman–Crippen LogP) is 4.71. The molecule has 0 aliphatic rings. The summed E-state index contributed by atoms with van der Waals surface area (Å²) in [7, 11) is 0. The number of nitrogens with zero attached hydrogens (tertiary/aromatic N) is 4. The number of hydrogen-bond acceptors (Lipinski definition) is 4. The first kappa shape index (κ1) is 19.5. The molecule has 5 rings (SSSR count). The van der Waals surface area contributed by atoms with Crippen molar-refractivity contribution in [2.45, 2.75) is 12.8 Å². The molecular weight excluding hydrogens is 396 g/mol. The molecule has 0 amide bonds. The van der Waals surface area contributed by atoms with Crippen LogP contribution in [0.5, 0.6) is 5.75 Å². The van der Waals surface area contributed by atoms with Gasteiger partial charge in [-0.2, -0.15) is 0 Å². The quantitative estimate of drug-likeness (QED) is 0.431. The minimum Gasteiger partial charge on any atom is -0.508 e. The van der Waals surface area contributed by atoms with Crippen molar-refractivity contribution >= 4 is 10.8 Å². The summed E-state index contributed by atoms with van der Waals surface area (Å²) in [5.41, 5.74) is 5.03. The maximum atomic E-state index is 10.6. The SMILES string of the molecule is Oc1cc2ccc(C#CCc3ccccc3)cc2cc1Cc1ccc(-n2cnnn2)cc1. The van der Waals surface area contributed by atoms with Crippen molar-refractivity contribution in [2.75, 3.05) is 0 Å². The third-order valence-corrected chi connectivity index (χ3v) is 5.35. The van der Waals surface area contributed by atoms with Gasteiger partial charge in [0, 0.05) is 18.4 Å². The molecule has 5 nitrogen and oxygen atoms in total. The molecule has 0 radical (unpaired) electrons. The second-order valence-electron chi connectivity index (χ2n) is 7.60. The van der Waals surface area contributed by atoms with E-state index in [1.165, 1.54) is 5.56 Å². The van der Waals surface area contributed by atoms with Gasteiger partial charge in [-0.05, 0) is 74.3 Å². The third kappa shape index (κ3) is 4.35. The number of aromatic nitrogens is 4. The fourth-order valence-corrected chi connectivity index (χ4v) is 3.66. The zero-order chi connectivity index (χ0) is 21.8. The Morgan fingerprint density at radius 2 is 1.66 bits per heavy atom. The van der Waals surface area contributed by atoms with E-state index in [1.807, 2.05) is 66.7 Å². The molecule has 5 heteroatoms. The summed E-state index contributed by atoms with van der Waals surface area (Å²) in [6.45, 7) is 0. The first-order chi connectivity index (χ1) is 15.7. The molecular formula is C27H20N4O. The molecule has 1 N–H and O–H groups in total. The van der Waals surface area contributed by atoms with E-state index in [-0.39, 0.29) is 0 Å². The lowest BCUT2D eigenvalue weighted by Crippen LogP contribution is -1.96. The van der Waals surface area contributed by atoms with Crippen molar-refractivity contribution < 1.29 is 5.11 Å². The Bertz CT molecular complexity index is 1410. The number of aromatic hydroxyl groups is 1. The standard InChI is InChI=1S/C27H20N4O/c32-27-18-23-12-9-21(8-4-7-20-5-2-1-3-6-20)15-24(23)17-25(27)16-22-10-13-26(14-11-22)31-19-28-29-30-31/h1-3,5-6,9-15,17-19,32H,7,16H2. The van der Waals surface area contributed by atoms with Gasteiger partial charge in [0.1, 0.15) is 12.1 Å². The Morgan fingerprint density at radius 1 is 0.812 bits per heavy atom. The number of fused-ring (bicyclic) bond motifs is 1. The number of tetrazole rings is 1. The molecule has 5 aromatic rings. The first-order valence-corrected chi connectivity index (χ1v) is 10.4. The summed E-state index contributed by atoms with van der Waals surface area (Å²) in [6.07, 6.45) is 2.91. The van der Waals surface area contributed by atoms with Gasteiger partial charge in [0.25, 0.3) is 0 Å². The monoisotopic (exact) mass is 416 g/mol. The van der Waals surface area contributed by atoms with E-state index in [4.69, 9.17) is 0 Å². The second-order valence-corrected chi connectivity index (χ2v) is 7.60. The van der Waals surface area contributed by atoms with Crippen molar-refractivity contribution in [1.82, 2.24) is 20.2 Å². The molecule has 4 aromatic carbocycles. The summed E-state index contributed by atoms with van der Waals surface area (Å²) < 4.78 is 1.61. The zero-order valence-corrected chi connectivity index (χ0v) is 17.3. The summed E-state index contributed by atoms with van der Waals surface area (Å²) in [4.78, 5) is 0. The zero-order valence-electron chi connectivity index (χ0n) is 17.3. The van der Waals surface area contributed by atoms with Gasteiger partial charge < -0.3 is 5.11 Å². The molecule has 0 fully saturated rings. The van der Waals surface area contributed by atoms with Gasteiger partial charge in [-0.25, -0.2) is 4.68 Å². The molecule has 0 aliphatic heterocycles. The molecule has 1 heterocycles. The highest BCUT2D eigenvalue weighted by Crippen LogP contribution is 2.28. The topological polar surface area (TPSA) is 63.8 Å². The number of rotatable bonds is 4. The highest BCUT2D eigenvalue weighted by molar-refractivity contribution is 5.86. The Kier molecular flexibility index (Phi) is 5.34. The lowest BCUT2D eigenvalue weighted by Gasteiger charge is -2.09. The van der Waals surface area contributed by atoms with Gasteiger partial charge in [-0.1, -0.05) is 60.4 Å². The van der Waals surface area contributed by atoms with Crippen LogP contribution >= 0.6 is 0 Å². The van der Waals surface area contributed by atoms with Crippen molar-refractivity contribution in [3.05, 3.63) is 114 Å². The minimum atomic E-state index is 0.296. The van der Waals surface area contributed by atoms with Gasteiger partial charge in [0.15, 0.2) is 0 Å². The van der Waals surface area contributed by atoms with E-state index in [9.17, 15) is 5.11 Å². The van der Waals surface area contributed by atoms with Crippen LogP contribution in [0.4, 0.5) is 0 Å². The lowest BCUT2D eigenvalue weighted by atomic mass is 9.98. The molecule has 0 bridgehead atoms. The summed E-state index contributed by atoms with van der Waals surface area (Å²) >= 11 is 0. The average molecular weight is 416 g/mol. The van der Waals surface area contributed by atoms with Crippen LogP contribution in [0.1, 0.15) is 22.3 Å². The Morgan fingerprint density at radius 3 is 2.44 bits per heavy atom. The number of phenolic OH excluding ortho intramolecular Hbond substituents is 1. The van der Waals surface area contributed by atoms with E-state index in [0.717, 1.165) is 39.6 Å². The van der Waals surface area contributed by atoms with Gasteiger partial charge in [0.05, 0.1) is 5.69 Å². The van der Waals surface area contributed by atoms with E-state index in [1.54, 1.807) is 11.0 Å². The summed E-state index contributed by atoms with van der Waals surface area (Å²) in [5, 5.41) is 23.8. The largest absolute Gasteiger partial charge is 0.508 e. The van der Waals surface area contributed by atoms with Crippen LogP contribution in [0.3, 0.4) is 0 Å². The van der Waals surface area contributed by atoms with E-state index in [0.29, 0.717) is 12.2 Å². The van der Waals surface area contributed by atoms with Crippen LogP contribution in [0.2, 0.25) is 0 Å². The van der Waals surface area contributed by atoms with Crippen LogP contribution in [0, 0.1) is 11.8 Å². The van der Waals surface area contributed by atoms with Crippen molar-refractivity contribution in [2.24, 2.45) is 0 Å². The molecule has 0 saturated heterocycles. The van der Waals surface area contributed by atoms with Crippen LogP contribution in [-0.2, 0) is 12.8 Å².